The number of pyridine rings is 2. The maximum Gasteiger partial charge on any atom is 0.0889 e. The zero-order valence-electron chi connectivity index (χ0n) is 9.94. The Balaban J connectivity index is 2.45. The van der Waals surface area contributed by atoms with Crippen molar-refractivity contribution in [1.82, 2.24) is 9.97 Å². The zero-order chi connectivity index (χ0) is 11.6. The molecule has 0 saturated carbocycles. The van der Waals surface area contributed by atoms with Crippen LogP contribution in [0.4, 0.5) is 0 Å². The lowest BCUT2D eigenvalue weighted by molar-refractivity contribution is 0.589. The van der Waals surface area contributed by atoms with E-state index in [1.165, 1.54) is 5.56 Å². The Bertz CT molecular complexity index is 470. The summed E-state index contributed by atoms with van der Waals surface area (Å²) in [7, 11) is 0. The zero-order valence-corrected chi connectivity index (χ0v) is 9.94. The van der Waals surface area contributed by atoms with E-state index in [1.807, 2.05) is 24.4 Å². The van der Waals surface area contributed by atoms with E-state index in [4.69, 9.17) is 0 Å². The van der Waals surface area contributed by atoms with E-state index in [2.05, 4.69) is 42.9 Å². The first kappa shape index (κ1) is 10.8. The monoisotopic (exact) mass is 212 g/mol. The van der Waals surface area contributed by atoms with Gasteiger partial charge in [-0.1, -0.05) is 26.8 Å². The van der Waals surface area contributed by atoms with Crippen LogP contribution in [-0.2, 0) is 5.41 Å². The van der Waals surface area contributed by atoms with Gasteiger partial charge >= 0.3 is 0 Å². The van der Waals surface area contributed by atoms with Crippen LogP contribution < -0.4 is 0 Å². The number of nitrogens with zero attached hydrogens (tertiary/aromatic N) is 2. The Hall–Kier alpha value is -1.70. The summed E-state index contributed by atoms with van der Waals surface area (Å²) in [6.45, 7) is 6.60. The summed E-state index contributed by atoms with van der Waals surface area (Å²) < 4.78 is 0. The van der Waals surface area contributed by atoms with E-state index < -0.39 is 0 Å². The molecule has 0 atom stereocenters. The molecule has 2 aromatic rings. The van der Waals surface area contributed by atoms with Crippen molar-refractivity contribution in [1.29, 1.82) is 0 Å². The third kappa shape index (κ3) is 2.27. The van der Waals surface area contributed by atoms with Gasteiger partial charge in [0.15, 0.2) is 0 Å². The highest BCUT2D eigenvalue weighted by molar-refractivity contribution is 5.54. The van der Waals surface area contributed by atoms with E-state index in [0.717, 1.165) is 11.4 Å². The van der Waals surface area contributed by atoms with Gasteiger partial charge in [0.1, 0.15) is 0 Å². The molecule has 0 radical (unpaired) electrons. The molecule has 16 heavy (non-hydrogen) atoms. The van der Waals surface area contributed by atoms with Crippen molar-refractivity contribution in [2.75, 3.05) is 0 Å². The highest BCUT2D eigenvalue weighted by atomic mass is 14.8. The van der Waals surface area contributed by atoms with Crippen molar-refractivity contribution >= 4 is 0 Å². The van der Waals surface area contributed by atoms with E-state index in [-0.39, 0.29) is 5.41 Å². The lowest BCUT2D eigenvalue weighted by Crippen LogP contribution is -2.11. The minimum atomic E-state index is 0.145. The first-order chi connectivity index (χ1) is 7.57. The van der Waals surface area contributed by atoms with Crippen LogP contribution in [-0.4, -0.2) is 9.97 Å². The fourth-order valence-electron chi connectivity index (χ4n) is 1.55. The average molecular weight is 212 g/mol. The van der Waals surface area contributed by atoms with Gasteiger partial charge in [0.2, 0.25) is 0 Å². The number of rotatable bonds is 1. The second kappa shape index (κ2) is 4.05. The molecule has 0 aromatic carbocycles. The van der Waals surface area contributed by atoms with E-state index in [9.17, 15) is 0 Å². The molecule has 0 aliphatic rings. The first-order valence-electron chi connectivity index (χ1n) is 5.45. The molecular weight excluding hydrogens is 196 g/mol. The van der Waals surface area contributed by atoms with Crippen molar-refractivity contribution < 1.29 is 0 Å². The molecule has 0 bridgehead atoms. The Morgan fingerprint density at radius 2 is 1.62 bits per heavy atom. The van der Waals surface area contributed by atoms with Crippen LogP contribution in [0.3, 0.4) is 0 Å². The molecule has 82 valence electrons. The molecule has 2 heteroatoms. The van der Waals surface area contributed by atoms with Gasteiger partial charge in [-0.2, -0.15) is 0 Å². The number of hydrogen-bond acceptors (Lipinski definition) is 2. The number of hydrogen-bond donors (Lipinski definition) is 0. The third-order valence-corrected chi connectivity index (χ3v) is 2.55. The molecule has 0 saturated heterocycles. The molecule has 0 spiro atoms. The highest BCUT2D eigenvalue weighted by Gasteiger charge is 2.14. The summed E-state index contributed by atoms with van der Waals surface area (Å²) in [5.74, 6) is 0. The Morgan fingerprint density at radius 3 is 2.25 bits per heavy atom. The fourth-order valence-corrected chi connectivity index (χ4v) is 1.55. The second-order valence-electron chi connectivity index (χ2n) is 4.89. The van der Waals surface area contributed by atoms with Crippen LogP contribution in [0.25, 0.3) is 11.4 Å². The van der Waals surface area contributed by atoms with Gasteiger partial charge in [0.25, 0.3) is 0 Å². The Labute approximate surface area is 96.4 Å². The van der Waals surface area contributed by atoms with Crippen molar-refractivity contribution in [3.8, 4) is 11.4 Å². The lowest BCUT2D eigenvalue weighted by Gasteiger charge is -2.19. The molecule has 0 fully saturated rings. The molecule has 0 unspecified atom stereocenters. The summed E-state index contributed by atoms with van der Waals surface area (Å²) in [6.07, 6.45) is 3.64. The van der Waals surface area contributed by atoms with Crippen molar-refractivity contribution in [3.63, 3.8) is 0 Å². The van der Waals surface area contributed by atoms with E-state index in [0.29, 0.717) is 0 Å². The molecule has 0 N–H and O–H groups in total. The van der Waals surface area contributed by atoms with Gasteiger partial charge in [0, 0.05) is 12.4 Å². The molecule has 2 aromatic heterocycles. The van der Waals surface area contributed by atoms with Gasteiger partial charge in [0.05, 0.1) is 11.4 Å². The second-order valence-corrected chi connectivity index (χ2v) is 4.89. The Kier molecular flexibility index (Phi) is 2.73. The van der Waals surface area contributed by atoms with E-state index in [1.54, 1.807) is 6.20 Å². The third-order valence-electron chi connectivity index (χ3n) is 2.55. The van der Waals surface area contributed by atoms with Crippen LogP contribution in [0.2, 0.25) is 0 Å². The van der Waals surface area contributed by atoms with Crippen molar-refractivity contribution in [2.24, 2.45) is 0 Å². The molecule has 2 nitrogen and oxygen atoms in total. The van der Waals surface area contributed by atoms with Crippen LogP contribution >= 0.6 is 0 Å². The smallest absolute Gasteiger partial charge is 0.0889 e. The summed E-state index contributed by atoms with van der Waals surface area (Å²) >= 11 is 0. The van der Waals surface area contributed by atoms with Gasteiger partial charge < -0.3 is 0 Å². The predicted octanol–water partition coefficient (Wildman–Crippen LogP) is 3.44. The van der Waals surface area contributed by atoms with Crippen molar-refractivity contribution in [2.45, 2.75) is 26.2 Å². The van der Waals surface area contributed by atoms with Crippen LogP contribution in [0.5, 0.6) is 0 Å². The van der Waals surface area contributed by atoms with Gasteiger partial charge in [-0.3, -0.25) is 9.97 Å². The average Bonchev–Trinajstić information content (AvgIpc) is 2.29. The minimum Gasteiger partial charge on any atom is -0.255 e. The van der Waals surface area contributed by atoms with Gasteiger partial charge in [-0.05, 0) is 35.2 Å². The predicted molar refractivity (Wildman–Crippen MR) is 66.2 cm³/mol. The van der Waals surface area contributed by atoms with E-state index >= 15 is 0 Å². The van der Waals surface area contributed by atoms with Gasteiger partial charge in [-0.15, -0.1) is 0 Å². The lowest BCUT2D eigenvalue weighted by atomic mass is 9.87. The van der Waals surface area contributed by atoms with Crippen LogP contribution in [0.1, 0.15) is 26.3 Å². The molecule has 0 amide bonds. The SMILES string of the molecule is CC(C)(C)c1ccnc(-c2ccccn2)c1. The first-order valence-corrected chi connectivity index (χ1v) is 5.45. The molecule has 2 rings (SSSR count). The molecule has 0 aliphatic heterocycles. The fraction of sp³-hybridized carbons (Fsp3) is 0.286. The van der Waals surface area contributed by atoms with Crippen LogP contribution in [0.15, 0.2) is 42.7 Å². The minimum absolute atomic E-state index is 0.145. The maximum atomic E-state index is 4.36. The van der Waals surface area contributed by atoms with Crippen molar-refractivity contribution in [3.05, 3.63) is 48.3 Å². The number of aromatic nitrogens is 2. The Morgan fingerprint density at radius 1 is 0.875 bits per heavy atom. The largest absolute Gasteiger partial charge is 0.255 e. The highest BCUT2D eigenvalue weighted by Crippen LogP contribution is 2.24. The summed E-state index contributed by atoms with van der Waals surface area (Å²) in [6, 6.07) is 10.1. The summed E-state index contributed by atoms with van der Waals surface area (Å²) in [5.41, 5.74) is 3.29. The normalized spacial score (nSPS) is 11.4. The summed E-state index contributed by atoms with van der Waals surface area (Å²) in [5, 5.41) is 0. The van der Waals surface area contributed by atoms with Gasteiger partial charge in [-0.25, -0.2) is 0 Å². The standard InChI is InChI=1S/C14H16N2/c1-14(2,3)11-7-9-16-13(10-11)12-6-4-5-8-15-12/h4-10H,1-3H3. The molecule has 0 aliphatic carbocycles. The summed E-state index contributed by atoms with van der Waals surface area (Å²) in [4.78, 5) is 8.67. The van der Waals surface area contributed by atoms with Crippen LogP contribution in [0, 0.1) is 0 Å². The quantitative estimate of drug-likeness (QED) is 0.723. The topological polar surface area (TPSA) is 25.8 Å². The molecular formula is C14H16N2. The molecule has 2 heterocycles. The maximum absolute atomic E-state index is 4.36.